The van der Waals surface area contributed by atoms with Crippen molar-refractivity contribution in [1.29, 1.82) is 0 Å². The first kappa shape index (κ1) is 23.2. The number of unbranched alkanes of at least 4 members (excludes halogenated alkanes) is 2. The first-order valence-electron chi connectivity index (χ1n) is 11.2. The Bertz CT molecular complexity index is 539. The fourth-order valence-electron chi connectivity index (χ4n) is 4.93. The van der Waals surface area contributed by atoms with Crippen LogP contribution in [0.5, 0.6) is 0 Å². The van der Waals surface area contributed by atoms with E-state index in [0.29, 0.717) is 24.2 Å². The van der Waals surface area contributed by atoms with Gasteiger partial charge in [0.25, 0.3) is 0 Å². The maximum absolute atomic E-state index is 11.2. The molecule has 0 amide bonds. The van der Waals surface area contributed by atoms with Crippen molar-refractivity contribution in [3.63, 3.8) is 0 Å². The lowest BCUT2D eigenvalue weighted by molar-refractivity contribution is -0.140. The predicted molar refractivity (Wildman–Crippen MR) is 113 cm³/mol. The van der Waals surface area contributed by atoms with Crippen molar-refractivity contribution in [3.05, 3.63) is 23.8 Å². The van der Waals surface area contributed by atoms with Crippen molar-refractivity contribution in [2.45, 2.75) is 90.3 Å². The van der Waals surface area contributed by atoms with Gasteiger partial charge in [-0.2, -0.15) is 0 Å². The van der Waals surface area contributed by atoms with E-state index >= 15 is 0 Å². The third-order valence-corrected chi connectivity index (χ3v) is 6.56. The fourth-order valence-corrected chi connectivity index (χ4v) is 4.93. The second-order valence-corrected chi connectivity index (χ2v) is 8.96. The van der Waals surface area contributed by atoms with Crippen LogP contribution in [0.25, 0.3) is 0 Å². The van der Waals surface area contributed by atoms with Crippen molar-refractivity contribution in [2.75, 3.05) is 7.11 Å². The Morgan fingerprint density at radius 1 is 1.36 bits per heavy atom. The zero-order valence-corrected chi connectivity index (χ0v) is 18.0. The number of allylic oxidation sites excluding steroid dienone is 2. The fraction of sp³-hybridized carbons (Fsp3) is 0.792. The van der Waals surface area contributed by atoms with Crippen LogP contribution < -0.4 is 0 Å². The van der Waals surface area contributed by atoms with E-state index in [1.54, 1.807) is 0 Å². The first-order valence-corrected chi connectivity index (χ1v) is 11.2. The number of aliphatic hydroxyl groups excluding tert-OH is 2. The molecule has 0 aliphatic heterocycles. The maximum Gasteiger partial charge on any atom is 0.305 e. The van der Waals surface area contributed by atoms with Gasteiger partial charge in [0.1, 0.15) is 0 Å². The standard InChI is InChI=1S/C24H40O4/c1-4-5-8-17(2)13-20(25)11-12-21-22-15-18(14-19(22)16-23(21)26)9-6-7-10-24(27)28-3/h11-12,14,17,19-23,25-26H,4-10,13,15-16H2,1-3H3/b12-11+/t17-,19-,20+,21+,22-,23+/m0/s1. The number of hydrogen-bond donors (Lipinski definition) is 2. The molecule has 6 atom stereocenters. The molecule has 0 heterocycles. The van der Waals surface area contributed by atoms with E-state index in [0.717, 1.165) is 38.5 Å². The number of rotatable bonds is 12. The highest BCUT2D eigenvalue weighted by molar-refractivity contribution is 5.68. The van der Waals surface area contributed by atoms with Gasteiger partial charge in [-0.3, -0.25) is 4.79 Å². The summed E-state index contributed by atoms with van der Waals surface area (Å²) >= 11 is 0. The van der Waals surface area contributed by atoms with E-state index in [1.165, 1.54) is 31.9 Å². The minimum Gasteiger partial charge on any atom is -0.469 e. The molecule has 2 aliphatic rings. The zero-order valence-electron chi connectivity index (χ0n) is 18.0. The Hall–Kier alpha value is -1.13. The molecule has 0 aromatic carbocycles. The second kappa shape index (κ2) is 11.8. The van der Waals surface area contributed by atoms with Gasteiger partial charge in [0.05, 0.1) is 19.3 Å². The second-order valence-electron chi connectivity index (χ2n) is 8.96. The van der Waals surface area contributed by atoms with Gasteiger partial charge in [0, 0.05) is 12.3 Å². The molecule has 0 unspecified atom stereocenters. The van der Waals surface area contributed by atoms with Crippen LogP contribution in [0, 0.1) is 23.7 Å². The number of methoxy groups -OCH3 is 1. The van der Waals surface area contributed by atoms with Crippen molar-refractivity contribution in [3.8, 4) is 0 Å². The molecule has 1 saturated carbocycles. The Labute approximate surface area is 171 Å². The molecule has 0 radical (unpaired) electrons. The van der Waals surface area contributed by atoms with E-state index in [9.17, 15) is 15.0 Å². The third-order valence-electron chi connectivity index (χ3n) is 6.56. The van der Waals surface area contributed by atoms with E-state index in [-0.39, 0.29) is 18.0 Å². The molecule has 2 N–H and O–H groups in total. The van der Waals surface area contributed by atoms with Crippen LogP contribution in [0.2, 0.25) is 0 Å². The third kappa shape index (κ3) is 7.04. The number of hydrogen-bond acceptors (Lipinski definition) is 4. The minimum atomic E-state index is -0.412. The number of esters is 1. The topological polar surface area (TPSA) is 66.8 Å². The lowest BCUT2D eigenvalue weighted by atomic mass is 9.88. The minimum absolute atomic E-state index is 0.131. The zero-order chi connectivity index (χ0) is 20.5. The first-order chi connectivity index (χ1) is 13.4. The lowest BCUT2D eigenvalue weighted by Crippen LogP contribution is -2.18. The van der Waals surface area contributed by atoms with Crippen LogP contribution in [-0.4, -0.2) is 35.5 Å². The van der Waals surface area contributed by atoms with Crippen LogP contribution >= 0.6 is 0 Å². The Morgan fingerprint density at radius 2 is 2.14 bits per heavy atom. The van der Waals surface area contributed by atoms with Gasteiger partial charge in [-0.05, 0) is 56.3 Å². The van der Waals surface area contributed by atoms with Gasteiger partial charge < -0.3 is 14.9 Å². The van der Waals surface area contributed by atoms with Crippen molar-refractivity contribution in [1.82, 2.24) is 0 Å². The summed E-state index contributed by atoms with van der Waals surface area (Å²) in [5.41, 5.74) is 1.47. The number of carbonyl (C=O) groups is 1. The van der Waals surface area contributed by atoms with Gasteiger partial charge in [-0.15, -0.1) is 0 Å². The summed E-state index contributed by atoms with van der Waals surface area (Å²) in [5.74, 6) is 1.47. The van der Waals surface area contributed by atoms with E-state index in [1.807, 2.05) is 6.08 Å². The number of aliphatic hydroxyl groups is 2. The van der Waals surface area contributed by atoms with Gasteiger partial charge in [-0.25, -0.2) is 0 Å². The molecule has 2 aliphatic carbocycles. The molecule has 0 spiro atoms. The highest BCUT2D eigenvalue weighted by Gasteiger charge is 2.43. The summed E-state index contributed by atoms with van der Waals surface area (Å²) in [5, 5.41) is 20.8. The molecular formula is C24H40O4. The van der Waals surface area contributed by atoms with Gasteiger partial charge in [0.15, 0.2) is 0 Å². The normalized spacial score (nSPS) is 29.0. The predicted octanol–water partition coefficient (Wildman–Crippen LogP) is 4.80. The molecule has 28 heavy (non-hydrogen) atoms. The van der Waals surface area contributed by atoms with E-state index in [4.69, 9.17) is 0 Å². The van der Waals surface area contributed by atoms with Gasteiger partial charge in [0.2, 0.25) is 0 Å². The summed E-state index contributed by atoms with van der Waals surface area (Å²) in [7, 11) is 1.44. The molecule has 4 nitrogen and oxygen atoms in total. The quantitative estimate of drug-likeness (QED) is 0.284. The molecule has 0 bridgehead atoms. The smallest absolute Gasteiger partial charge is 0.305 e. The maximum atomic E-state index is 11.2. The van der Waals surface area contributed by atoms with Gasteiger partial charge >= 0.3 is 5.97 Å². The summed E-state index contributed by atoms with van der Waals surface area (Å²) in [6.07, 6.45) is 15.3. The number of ether oxygens (including phenoxy) is 1. The van der Waals surface area contributed by atoms with Crippen LogP contribution in [0.15, 0.2) is 23.8 Å². The van der Waals surface area contributed by atoms with Crippen LogP contribution in [0.3, 0.4) is 0 Å². The highest BCUT2D eigenvalue weighted by atomic mass is 16.5. The van der Waals surface area contributed by atoms with Crippen LogP contribution in [0.1, 0.15) is 78.1 Å². The molecule has 0 saturated heterocycles. The molecule has 2 rings (SSSR count). The summed E-state index contributed by atoms with van der Waals surface area (Å²) in [4.78, 5) is 11.2. The highest BCUT2D eigenvalue weighted by Crippen LogP contribution is 2.48. The SMILES string of the molecule is CCCC[C@H](C)C[C@H](O)/C=C/[C@@H]1[C@H]2CC(CCCCC(=O)OC)=C[C@H]2C[C@H]1O. The number of fused-ring (bicyclic) bond motifs is 1. The molecule has 0 aromatic rings. The average Bonchev–Trinajstić information content (AvgIpc) is 3.18. The van der Waals surface area contributed by atoms with Crippen molar-refractivity contribution >= 4 is 5.97 Å². The average molecular weight is 393 g/mol. The largest absolute Gasteiger partial charge is 0.469 e. The Balaban J connectivity index is 1.77. The van der Waals surface area contributed by atoms with Crippen molar-refractivity contribution < 1.29 is 19.7 Å². The summed E-state index contributed by atoms with van der Waals surface area (Å²) < 4.78 is 4.69. The molecular weight excluding hydrogens is 352 g/mol. The van der Waals surface area contributed by atoms with Gasteiger partial charge in [-0.1, -0.05) is 56.9 Å². The molecule has 4 heteroatoms. The molecule has 160 valence electrons. The summed E-state index contributed by atoms with van der Waals surface area (Å²) in [6.45, 7) is 4.41. The van der Waals surface area contributed by atoms with E-state index < -0.39 is 6.10 Å². The molecule has 1 fully saturated rings. The lowest BCUT2D eigenvalue weighted by Gasteiger charge is -2.19. The summed E-state index contributed by atoms with van der Waals surface area (Å²) in [6, 6.07) is 0. The Kier molecular flexibility index (Phi) is 9.73. The van der Waals surface area contributed by atoms with E-state index in [2.05, 4.69) is 30.7 Å². The van der Waals surface area contributed by atoms with Crippen molar-refractivity contribution in [2.24, 2.45) is 23.7 Å². The van der Waals surface area contributed by atoms with Crippen LogP contribution in [-0.2, 0) is 9.53 Å². The molecule has 0 aromatic heterocycles. The monoisotopic (exact) mass is 392 g/mol. The Morgan fingerprint density at radius 3 is 2.86 bits per heavy atom. The number of carbonyl (C=O) groups excluding carboxylic acids is 1. The van der Waals surface area contributed by atoms with Crippen LogP contribution in [0.4, 0.5) is 0 Å².